The number of rotatable bonds is 3. The second kappa shape index (κ2) is 6.84. The molecule has 5 aromatic rings. The van der Waals surface area contributed by atoms with Crippen molar-refractivity contribution in [1.82, 2.24) is 4.98 Å². The molecule has 0 amide bonds. The number of pyridine rings is 1. The van der Waals surface area contributed by atoms with E-state index in [0.717, 1.165) is 5.56 Å². The molecular weight excluding hydrogens is 362 g/mol. The molecule has 0 spiro atoms. The van der Waals surface area contributed by atoms with Gasteiger partial charge in [-0.15, -0.1) is 0 Å². The Morgan fingerprint density at radius 1 is 0.759 bits per heavy atom. The van der Waals surface area contributed by atoms with Gasteiger partial charge in [-0.3, -0.25) is 9.59 Å². The van der Waals surface area contributed by atoms with E-state index in [1.165, 1.54) is 0 Å². The molecule has 0 aliphatic rings. The number of benzene rings is 3. The lowest BCUT2D eigenvalue weighted by molar-refractivity contribution is 0.103. The maximum atomic E-state index is 13.3. The maximum Gasteiger partial charge on any atom is 0.231 e. The van der Waals surface area contributed by atoms with Crippen molar-refractivity contribution < 1.29 is 9.21 Å². The summed E-state index contributed by atoms with van der Waals surface area (Å²) >= 11 is 0. The van der Waals surface area contributed by atoms with Gasteiger partial charge in [-0.1, -0.05) is 72.8 Å². The zero-order chi connectivity index (χ0) is 19.8. The van der Waals surface area contributed by atoms with Crippen molar-refractivity contribution in [3.63, 3.8) is 0 Å². The smallest absolute Gasteiger partial charge is 0.231 e. The Bertz CT molecular complexity index is 1420. The Morgan fingerprint density at radius 3 is 2.17 bits per heavy atom. The van der Waals surface area contributed by atoms with Gasteiger partial charge in [0, 0.05) is 16.7 Å². The number of ketones is 1. The number of nitrogens with zero attached hydrogens (tertiary/aromatic N) is 1. The van der Waals surface area contributed by atoms with Gasteiger partial charge in [-0.2, -0.15) is 0 Å². The first-order valence-corrected chi connectivity index (χ1v) is 9.24. The molecule has 0 radical (unpaired) electrons. The molecule has 5 rings (SSSR count). The van der Waals surface area contributed by atoms with Gasteiger partial charge in [-0.25, -0.2) is 4.98 Å². The maximum absolute atomic E-state index is 13.3. The summed E-state index contributed by atoms with van der Waals surface area (Å²) in [5, 5.41) is 0.759. The molecule has 0 atom stereocenters. The van der Waals surface area contributed by atoms with E-state index in [2.05, 4.69) is 4.98 Å². The van der Waals surface area contributed by atoms with Gasteiger partial charge in [-0.05, 0) is 18.2 Å². The molecule has 0 saturated carbocycles. The normalized spacial score (nSPS) is 11.0. The second-order valence-electron chi connectivity index (χ2n) is 6.73. The number of para-hydroxylation sites is 1. The summed E-state index contributed by atoms with van der Waals surface area (Å²) in [7, 11) is 0. The van der Waals surface area contributed by atoms with Crippen molar-refractivity contribution in [2.45, 2.75) is 0 Å². The van der Waals surface area contributed by atoms with Crippen LogP contribution in [0.1, 0.15) is 15.9 Å². The molecule has 0 N–H and O–H groups in total. The molecule has 0 unspecified atom stereocenters. The highest BCUT2D eigenvalue weighted by Crippen LogP contribution is 2.28. The number of fused-ring (bicyclic) bond motifs is 2. The van der Waals surface area contributed by atoms with Crippen LogP contribution in [0.15, 0.2) is 100 Å². The molecule has 0 saturated heterocycles. The molecule has 0 aliphatic heterocycles. The number of hydrogen-bond donors (Lipinski definition) is 0. The molecule has 2 aromatic heterocycles. The largest absolute Gasteiger partial charge is 0.437 e. The van der Waals surface area contributed by atoms with Crippen LogP contribution < -0.4 is 5.43 Å². The van der Waals surface area contributed by atoms with Gasteiger partial charge in [0.15, 0.2) is 5.78 Å². The van der Waals surface area contributed by atoms with Gasteiger partial charge in [0.25, 0.3) is 0 Å². The molecule has 0 fully saturated rings. The van der Waals surface area contributed by atoms with E-state index in [0.29, 0.717) is 33.2 Å². The Balaban J connectivity index is 1.86. The number of carbonyl (C=O) groups is 1. The fraction of sp³-hybridized carbons (Fsp3) is 0. The molecule has 3 aromatic carbocycles. The minimum atomic E-state index is -0.198. The van der Waals surface area contributed by atoms with Crippen LogP contribution in [0.3, 0.4) is 0 Å². The quantitative estimate of drug-likeness (QED) is 0.319. The summed E-state index contributed by atoms with van der Waals surface area (Å²) in [5.74, 6) is -0.189. The lowest BCUT2D eigenvalue weighted by atomic mass is 9.97. The van der Waals surface area contributed by atoms with Crippen molar-refractivity contribution in [3.05, 3.63) is 112 Å². The lowest BCUT2D eigenvalue weighted by Gasteiger charge is -2.10. The van der Waals surface area contributed by atoms with Crippen LogP contribution >= 0.6 is 0 Å². The van der Waals surface area contributed by atoms with Crippen LogP contribution in [0.5, 0.6) is 0 Å². The molecular formula is C25H15NO3. The highest BCUT2D eigenvalue weighted by molar-refractivity contribution is 6.14. The van der Waals surface area contributed by atoms with Gasteiger partial charge >= 0.3 is 0 Å². The van der Waals surface area contributed by atoms with Crippen LogP contribution in [0.2, 0.25) is 0 Å². The molecule has 4 nitrogen and oxygen atoms in total. The first kappa shape index (κ1) is 17.1. The summed E-state index contributed by atoms with van der Waals surface area (Å²) in [4.78, 5) is 30.9. The summed E-state index contributed by atoms with van der Waals surface area (Å²) in [6, 6.07) is 27.1. The van der Waals surface area contributed by atoms with E-state index in [9.17, 15) is 9.59 Å². The van der Waals surface area contributed by atoms with E-state index < -0.39 is 0 Å². The fourth-order valence-electron chi connectivity index (χ4n) is 3.46. The van der Waals surface area contributed by atoms with Crippen LogP contribution in [-0.4, -0.2) is 10.8 Å². The zero-order valence-electron chi connectivity index (χ0n) is 15.3. The Labute approximate surface area is 166 Å². The van der Waals surface area contributed by atoms with Gasteiger partial charge in [0.2, 0.25) is 11.1 Å². The first-order chi connectivity index (χ1) is 14.2. The molecule has 0 bridgehead atoms. The third-order valence-corrected chi connectivity index (χ3v) is 4.90. The average Bonchev–Trinajstić information content (AvgIpc) is 2.79. The minimum absolute atomic E-state index is 0.189. The fourth-order valence-corrected chi connectivity index (χ4v) is 3.46. The first-order valence-electron chi connectivity index (χ1n) is 9.24. The van der Waals surface area contributed by atoms with Gasteiger partial charge in [0.05, 0.1) is 16.5 Å². The molecule has 138 valence electrons. The third-order valence-electron chi connectivity index (χ3n) is 4.90. The topological polar surface area (TPSA) is 60.2 Å². The summed E-state index contributed by atoms with van der Waals surface area (Å²) in [6.45, 7) is 0. The predicted octanol–water partition coefficient (Wildman–Crippen LogP) is 5.24. The van der Waals surface area contributed by atoms with Crippen LogP contribution in [0.4, 0.5) is 0 Å². The Hall–Kier alpha value is -4.05. The summed E-state index contributed by atoms with van der Waals surface area (Å²) in [5.41, 5.74) is 2.68. The summed E-state index contributed by atoms with van der Waals surface area (Å²) < 4.78 is 5.91. The van der Waals surface area contributed by atoms with E-state index in [4.69, 9.17) is 4.42 Å². The minimum Gasteiger partial charge on any atom is -0.437 e. The van der Waals surface area contributed by atoms with Crippen molar-refractivity contribution in [3.8, 4) is 11.3 Å². The van der Waals surface area contributed by atoms with E-state index >= 15 is 0 Å². The summed E-state index contributed by atoms with van der Waals surface area (Å²) in [6.07, 6.45) is 0. The van der Waals surface area contributed by atoms with Crippen molar-refractivity contribution in [2.75, 3.05) is 0 Å². The number of hydrogen-bond acceptors (Lipinski definition) is 4. The highest BCUT2D eigenvalue weighted by atomic mass is 16.3. The SMILES string of the molecule is O=C(c1ccccc1)c1cc2c(=O)c3ccccc3oc2nc1-c1ccccc1. The van der Waals surface area contributed by atoms with Crippen molar-refractivity contribution in [2.24, 2.45) is 0 Å². The van der Waals surface area contributed by atoms with Crippen molar-refractivity contribution >= 4 is 27.9 Å². The Kier molecular flexibility index (Phi) is 4.03. The molecule has 0 aliphatic carbocycles. The predicted molar refractivity (Wildman–Crippen MR) is 113 cm³/mol. The zero-order valence-corrected chi connectivity index (χ0v) is 15.3. The van der Waals surface area contributed by atoms with E-state index in [-0.39, 0.29) is 16.9 Å². The molecule has 29 heavy (non-hydrogen) atoms. The van der Waals surface area contributed by atoms with Gasteiger partial charge < -0.3 is 4.42 Å². The van der Waals surface area contributed by atoms with E-state index in [1.807, 2.05) is 54.6 Å². The van der Waals surface area contributed by atoms with Gasteiger partial charge in [0.1, 0.15) is 5.58 Å². The van der Waals surface area contributed by atoms with Crippen LogP contribution in [0, 0.1) is 0 Å². The Morgan fingerprint density at radius 2 is 1.41 bits per heavy atom. The monoisotopic (exact) mass is 377 g/mol. The van der Waals surface area contributed by atoms with Crippen LogP contribution in [-0.2, 0) is 0 Å². The van der Waals surface area contributed by atoms with E-state index in [1.54, 1.807) is 36.4 Å². The number of aromatic nitrogens is 1. The van der Waals surface area contributed by atoms with Crippen LogP contribution in [0.25, 0.3) is 33.3 Å². The highest BCUT2D eigenvalue weighted by Gasteiger charge is 2.20. The lowest BCUT2D eigenvalue weighted by Crippen LogP contribution is -2.09. The second-order valence-corrected chi connectivity index (χ2v) is 6.73. The third kappa shape index (κ3) is 2.91. The average molecular weight is 377 g/mol. The van der Waals surface area contributed by atoms with Crippen molar-refractivity contribution in [1.29, 1.82) is 0 Å². The number of carbonyl (C=O) groups excluding carboxylic acids is 1. The molecule has 2 heterocycles. The standard InChI is InChI=1S/C25H15NO3/c27-23(17-11-5-2-6-12-17)19-15-20-24(28)18-13-7-8-14-21(18)29-25(20)26-22(19)16-9-3-1-4-10-16/h1-15H. The molecule has 4 heteroatoms.